The van der Waals surface area contributed by atoms with Gasteiger partial charge in [0, 0.05) is 9.84 Å². The molecule has 0 aromatic carbocycles. The van der Waals surface area contributed by atoms with E-state index in [1.54, 1.807) is 0 Å². The van der Waals surface area contributed by atoms with Crippen molar-refractivity contribution in [1.82, 2.24) is 0 Å². The van der Waals surface area contributed by atoms with Crippen LogP contribution in [0.4, 0.5) is 0 Å². The van der Waals surface area contributed by atoms with Crippen molar-refractivity contribution in [2.75, 3.05) is 17.6 Å². The molecule has 3 heteroatoms. The van der Waals surface area contributed by atoms with Gasteiger partial charge in [0.05, 0.1) is 25.4 Å². The molecule has 1 fully saturated rings. The molecular formula is C11H21IO2. The van der Waals surface area contributed by atoms with Crippen LogP contribution < -0.4 is 0 Å². The third-order valence-electron chi connectivity index (χ3n) is 2.93. The second kappa shape index (κ2) is 5.66. The van der Waals surface area contributed by atoms with E-state index in [2.05, 4.69) is 43.4 Å². The van der Waals surface area contributed by atoms with Gasteiger partial charge in [-0.15, -0.1) is 0 Å². The van der Waals surface area contributed by atoms with Crippen LogP contribution >= 0.6 is 22.6 Å². The molecule has 0 aliphatic carbocycles. The number of hydrogen-bond donors (Lipinski definition) is 0. The highest BCUT2D eigenvalue weighted by Crippen LogP contribution is 2.37. The maximum Gasteiger partial charge on any atom is 0.0671 e. The maximum atomic E-state index is 5.75. The smallest absolute Gasteiger partial charge is 0.0671 e. The fourth-order valence-corrected chi connectivity index (χ4v) is 2.35. The summed E-state index contributed by atoms with van der Waals surface area (Å²) >= 11 is 2.40. The van der Waals surface area contributed by atoms with Gasteiger partial charge in [0.15, 0.2) is 0 Å². The SMILES string of the molecule is CCC1(COC(C)C)COC(CI)C1. The van der Waals surface area contributed by atoms with E-state index >= 15 is 0 Å². The first kappa shape index (κ1) is 12.7. The van der Waals surface area contributed by atoms with Crippen molar-refractivity contribution in [2.45, 2.75) is 45.8 Å². The Hall–Kier alpha value is 0.650. The Morgan fingerprint density at radius 2 is 2.29 bits per heavy atom. The van der Waals surface area contributed by atoms with Crippen LogP contribution in [-0.4, -0.2) is 29.8 Å². The summed E-state index contributed by atoms with van der Waals surface area (Å²) in [7, 11) is 0. The summed E-state index contributed by atoms with van der Waals surface area (Å²) in [6, 6.07) is 0. The average Bonchev–Trinajstić information content (AvgIpc) is 2.59. The van der Waals surface area contributed by atoms with Gasteiger partial charge in [-0.3, -0.25) is 0 Å². The van der Waals surface area contributed by atoms with Crippen LogP contribution in [0, 0.1) is 5.41 Å². The van der Waals surface area contributed by atoms with Crippen molar-refractivity contribution in [3.63, 3.8) is 0 Å². The third kappa shape index (κ3) is 3.35. The molecule has 2 atom stereocenters. The molecule has 1 aliphatic heterocycles. The van der Waals surface area contributed by atoms with Crippen LogP contribution in [0.5, 0.6) is 0 Å². The van der Waals surface area contributed by atoms with Crippen molar-refractivity contribution in [3.05, 3.63) is 0 Å². The molecule has 14 heavy (non-hydrogen) atoms. The Bertz CT molecular complexity index is 173. The Morgan fingerprint density at radius 3 is 2.71 bits per heavy atom. The van der Waals surface area contributed by atoms with Crippen molar-refractivity contribution in [1.29, 1.82) is 0 Å². The second-order valence-corrected chi connectivity index (χ2v) is 5.39. The predicted molar refractivity (Wildman–Crippen MR) is 67.1 cm³/mol. The molecule has 0 aromatic rings. The molecule has 2 nitrogen and oxygen atoms in total. The Labute approximate surface area is 101 Å². The predicted octanol–water partition coefficient (Wildman–Crippen LogP) is 3.03. The Kier molecular flexibility index (Phi) is 5.14. The zero-order valence-electron chi connectivity index (χ0n) is 9.38. The zero-order chi connectivity index (χ0) is 10.6. The van der Waals surface area contributed by atoms with Gasteiger partial charge in [-0.05, 0) is 26.7 Å². The highest BCUT2D eigenvalue weighted by molar-refractivity contribution is 14.1. The van der Waals surface area contributed by atoms with E-state index in [9.17, 15) is 0 Å². The lowest BCUT2D eigenvalue weighted by atomic mass is 9.84. The van der Waals surface area contributed by atoms with Gasteiger partial charge < -0.3 is 9.47 Å². The monoisotopic (exact) mass is 312 g/mol. The first-order valence-electron chi connectivity index (χ1n) is 5.41. The minimum atomic E-state index is 0.292. The lowest BCUT2D eigenvalue weighted by molar-refractivity contribution is -0.00114. The molecule has 0 aromatic heterocycles. The van der Waals surface area contributed by atoms with E-state index in [1.807, 2.05) is 0 Å². The van der Waals surface area contributed by atoms with Gasteiger partial charge in [-0.2, -0.15) is 0 Å². The van der Waals surface area contributed by atoms with Gasteiger partial charge in [0.1, 0.15) is 0 Å². The second-order valence-electron chi connectivity index (χ2n) is 4.50. The quantitative estimate of drug-likeness (QED) is 0.574. The number of rotatable bonds is 5. The number of alkyl halides is 1. The molecule has 84 valence electrons. The molecule has 0 radical (unpaired) electrons. The van der Waals surface area contributed by atoms with E-state index in [1.165, 1.54) is 6.42 Å². The van der Waals surface area contributed by atoms with Gasteiger partial charge in [0.2, 0.25) is 0 Å². The first-order valence-corrected chi connectivity index (χ1v) is 6.93. The first-order chi connectivity index (χ1) is 6.62. The lowest BCUT2D eigenvalue weighted by Crippen LogP contribution is -2.28. The summed E-state index contributed by atoms with van der Waals surface area (Å²) in [5.74, 6) is 0. The molecule has 0 spiro atoms. The highest BCUT2D eigenvalue weighted by atomic mass is 127. The van der Waals surface area contributed by atoms with E-state index in [0.29, 0.717) is 17.6 Å². The molecule has 0 saturated carbocycles. The molecule has 2 unspecified atom stereocenters. The minimum Gasteiger partial charge on any atom is -0.378 e. The van der Waals surface area contributed by atoms with Crippen LogP contribution in [-0.2, 0) is 9.47 Å². The van der Waals surface area contributed by atoms with Gasteiger partial charge in [0.25, 0.3) is 0 Å². The standard InChI is InChI=1S/C11H21IO2/c1-4-11(7-13-9(2)3)5-10(6-12)14-8-11/h9-10H,4-8H2,1-3H3. The van der Waals surface area contributed by atoms with Crippen LogP contribution in [0.2, 0.25) is 0 Å². The third-order valence-corrected chi connectivity index (χ3v) is 3.91. The fraction of sp³-hybridized carbons (Fsp3) is 1.00. The molecule has 1 aliphatic rings. The number of ether oxygens (including phenoxy) is 2. The average molecular weight is 312 g/mol. The zero-order valence-corrected chi connectivity index (χ0v) is 11.5. The lowest BCUT2D eigenvalue weighted by Gasteiger charge is -2.26. The molecule has 0 amide bonds. The molecular weight excluding hydrogens is 291 g/mol. The van der Waals surface area contributed by atoms with Gasteiger partial charge in [-0.25, -0.2) is 0 Å². The van der Waals surface area contributed by atoms with Crippen molar-refractivity contribution in [3.8, 4) is 0 Å². The van der Waals surface area contributed by atoms with Crippen LogP contribution in [0.25, 0.3) is 0 Å². The molecule has 0 N–H and O–H groups in total. The van der Waals surface area contributed by atoms with Crippen molar-refractivity contribution in [2.24, 2.45) is 5.41 Å². The highest BCUT2D eigenvalue weighted by Gasteiger charge is 2.38. The van der Waals surface area contributed by atoms with Crippen LogP contribution in [0.15, 0.2) is 0 Å². The normalized spacial score (nSPS) is 32.8. The molecule has 1 heterocycles. The van der Waals surface area contributed by atoms with E-state index in [-0.39, 0.29) is 0 Å². The van der Waals surface area contributed by atoms with E-state index in [0.717, 1.165) is 24.1 Å². The number of halogens is 1. The van der Waals surface area contributed by atoms with Crippen LogP contribution in [0.1, 0.15) is 33.6 Å². The summed E-state index contributed by atoms with van der Waals surface area (Å²) in [4.78, 5) is 0. The largest absolute Gasteiger partial charge is 0.378 e. The van der Waals surface area contributed by atoms with Gasteiger partial charge >= 0.3 is 0 Å². The molecule has 1 saturated heterocycles. The summed E-state index contributed by atoms with van der Waals surface area (Å²) in [5.41, 5.74) is 0.292. The van der Waals surface area contributed by atoms with Gasteiger partial charge in [-0.1, -0.05) is 29.5 Å². The van der Waals surface area contributed by atoms with E-state index in [4.69, 9.17) is 9.47 Å². The molecule has 0 bridgehead atoms. The Morgan fingerprint density at radius 1 is 1.57 bits per heavy atom. The molecule has 1 rings (SSSR count). The van der Waals surface area contributed by atoms with Crippen LogP contribution in [0.3, 0.4) is 0 Å². The fourth-order valence-electron chi connectivity index (χ4n) is 1.79. The number of hydrogen-bond acceptors (Lipinski definition) is 2. The van der Waals surface area contributed by atoms with Crippen molar-refractivity contribution >= 4 is 22.6 Å². The topological polar surface area (TPSA) is 18.5 Å². The summed E-state index contributed by atoms with van der Waals surface area (Å²) in [6.07, 6.45) is 3.11. The maximum absolute atomic E-state index is 5.75. The van der Waals surface area contributed by atoms with E-state index < -0.39 is 0 Å². The Balaban J connectivity index is 2.43. The summed E-state index contributed by atoms with van der Waals surface area (Å²) in [6.45, 7) is 8.16. The summed E-state index contributed by atoms with van der Waals surface area (Å²) < 4.78 is 12.6. The minimum absolute atomic E-state index is 0.292. The van der Waals surface area contributed by atoms with Crippen molar-refractivity contribution < 1.29 is 9.47 Å². The summed E-state index contributed by atoms with van der Waals surface area (Å²) in [5, 5.41) is 0.